The summed E-state index contributed by atoms with van der Waals surface area (Å²) in [5.74, 6) is 1.89. The minimum Gasteiger partial charge on any atom is -0.303 e. The standard InChI is InChI=1S/C13H27N/c1-4-5-6-9-14-10-7-13(8-11-14)12(2)3/h12-13H,4-11H2,1-3H3. The number of likely N-dealkylation sites (tertiary alicyclic amines) is 1. The first kappa shape index (κ1) is 12.0. The van der Waals surface area contributed by atoms with E-state index in [1.807, 2.05) is 0 Å². The third-order valence-corrected chi connectivity index (χ3v) is 3.65. The Morgan fingerprint density at radius 2 is 1.79 bits per heavy atom. The van der Waals surface area contributed by atoms with E-state index in [2.05, 4.69) is 25.7 Å². The Hall–Kier alpha value is -0.0400. The maximum absolute atomic E-state index is 2.66. The molecule has 1 nitrogen and oxygen atoms in total. The Morgan fingerprint density at radius 1 is 1.14 bits per heavy atom. The Balaban J connectivity index is 2.09. The van der Waals surface area contributed by atoms with Crippen molar-refractivity contribution in [3.05, 3.63) is 0 Å². The molecule has 1 fully saturated rings. The van der Waals surface area contributed by atoms with Gasteiger partial charge >= 0.3 is 0 Å². The molecule has 0 aromatic rings. The first-order valence-electron chi connectivity index (χ1n) is 6.46. The highest BCUT2D eigenvalue weighted by Crippen LogP contribution is 2.24. The Bertz CT molecular complexity index is 134. The molecule has 1 aliphatic rings. The lowest BCUT2D eigenvalue weighted by Crippen LogP contribution is -2.35. The van der Waals surface area contributed by atoms with E-state index in [0.717, 1.165) is 11.8 Å². The van der Waals surface area contributed by atoms with Crippen molar-refractivity contribution in [1.29, 1.82) is 0 Å². The molecule has 0 spiro atoms. The van der Waals surface area contributed by atoms with Crippen molar-refractivity contribution in [3.63, 3.8) is 0 Å². The summed E-state index contributed by atoms with van der Waals surface area (Å²) in [5, 5.41) is 0. The molecule has 0 N–H and O–H groups in total. The van der Waals surface area contributed by atoms with Crippen LogP contribution in [-0.4, -0.2) is 24.5 Å². The Labute approximate surface area is 89.9 Å². The van der Waals surface area contributed by atoms with Crippen LogP contribution in [0.1, 0.15) is 52.9 Å². The Morgan fingerprint density at radius 3 is 2.29 bits per heavy atom. The van der Waals surface area contributed by atoms with Gasteiger partial charge in [-0.05, 0) is 50.7 Å². The van der Waals surface area contributed by atoms with E-state index >= 15 is 0 Å². The molecule has 14 heavy (non-hydrogen) atoms. The van der Waals surface area contributed by atoms with Gasteiger partial charge in [-0.25, -0.2) is 0 Å². The predicted octanol–water partition coefficient (Wildman–Crippen LogP) is 3.54. The molecule has 1 rings (SSSR count). The lowest BCUT2D eigenvalue weighted by Gasteiger charge is -2.33. The van der Waals surface area contributed by atoms with E-state index in [9.17, 15) is 0 Å². The molecule has 0 atom stereocenters. The SMILES string of the molecule is CCCCCN1CCC(C(C)C)CC1. The molecule has 0 aromatic carbocycles. The van der Waals surface area contributed by atoms with Gasteiger partial charge in [-0.15, -0.1) is 0 Å². The van der Waals surface area contributed by atoms with Crippen LogP contribution >= 0.6 is 0 Å². The van der Waals surface area contributed by atoms with Gasteiger partial charge in [0.15, 0.2) is 0 Å². The zero-order valence-electron chi connectivity index (χ0n) is 10.3. The van der Waals surface area contributed by atoms with Crippen LogP contribution < -0.4 is 0 Å². The third-order valence-electron chi connectivity index (χ3n) is 3.65. The number of hydrogen-bond acceptors (Lipinski definition) is 1. The van der Waals surface area contributed by atoms with Gasteiger partial charge in [0.2, 0.25) is 0 Å². The van der Waals surface area contributed by atoms with Crippen LogP contribution in [0.4, 0.5) is 0 Å². The van der Waals surface area contributed by atoms with Crippen LogP contribution in [0.25, 0.3) is 0 Å². The van der Waals surface area contributed by atoms with Crippen molar-refractivity contribution in [1.82, 2.24) is 4.90 Å². The molecule has 0 aliphatic carbocycles. The monoisotopic (exact) mass is 197 g/mol. The molecule has 0 radical (unpaired) electrons. The van der Waals surface area contributed by atoms with Gasteiger partial charge in [0, 0.05) is 0 Å². The molecular weight excluding hydrogens is 170 g/mol. The van der Waals surface area contributed by atoms with E-state index in [-0.39, 0.29) is 0 Å². The first-order chi connectivity index (χ1) is 6.74. The molecule has 0 saturated carbocycles. The highest BCUT2D eigenvalue weighted by molar-refractivity contribution is 4.73. The molecular formula is C13H27N. The average Bonchev–Trinajstić information content (AvgIpc) is 2.19. The molecule has 1 heteroatoms. The fourth-order valence-corrected chi connectivity index (χ4v) is 2.43. The quantitative estimate of drug-likeness (QED) is 0.609. The topological polar surface area (TPSA) is 3.24 Å². The smallest absolute Gasteiger partial charge is 0.00160 e. The fraction of sp³-hybridized carbons (Fsp3) is 1.00. The molecule has 1 saturated heterocycles. The van der Waals surface area contributed by atoms with Crippen molar-refractivity contribution < 1.29 is 0 Å². The van der Waals surface area contributed by atoms with Gasteiger partial charge in [-0.3, -0.25) is 0 Å². The highest BCUT2D eigenvalue weighted by Gasteiger charge is 2.20. The summed E-state index contributed by atoms with van der Waals surface area (Å²) < 4.78 is 0. The molecule has 0 unspecified atom stereocenters. The predicted molar refractivity (Wildman–Crippen MR) is 63.5 cm³/mol. The van der Waals surface area contributed by atoms with Gasteiger partial charge in [0.1, 0.15) is 0 Å². The van der Waals surface area contributed by atoms with Crippen LogP contribution in [0.3, 0.4) is 0 Å². The molecule has 1 heterocycles. The van der Waals surface area contributed by atoms with Gasteiger partial charge in [-0.2, -0.15) is 0 Å². The number of rotatable bonds is 5. The summed E-state index contributed by atoms with van der Waals surface area (Å²) in [6.45, 7) is 11.1. The van der Waals surface area contributed by atoms with Crippen LogP contribution in [0, 0.1) is 11.8 Å². The second-order valence-corrected chi connectivity index (χ2v) is 5.13. The van der Waals surface area contributed by atoms with Crippen molar-refractivity contribution >= 4 is 0 Å². The van der Waals surface area contributed by atoms with Crippen LogP contribution in [0.5, 0.6) is 0 Å². The van der Waals surface area contributed by atoms with Crippen molar-refractivity contribution in [2.75, 3.05) is 19.6 Å². The van der Waals surface area contributed by atoms with Gasteiger partial charge in [-0.1, -0.05) is 33.6 Å². The highest BCUT2D eigenvalue weighted by atomic mass is 15.1. The summed E-state index contributed by atoms with van der Waals surface area (Å²) in [6.07, 6.45) is 7.03. The van der Waals surface area contributed by atoms with E-state index in [4.69, 9.17) is 0 Å². The van der Waals surface area contributed by atoms with Crippen molar-refractivity contribution in [3.8, 4) is 0 Å². The zero-order valence-corrected chi connectivity index (χ0v) is 10.3. The van der Waals surface area contributed by atoms with Gasteiger partial charge < -0.3 is 4.90 Å². The average molecular weight is 197 g/mol. The number of nitrogens with zero attached hydrogens (tertiary/aromatic N) is 1. The normalized spacial score (nSPS) is 20.6. The maximum atomic E-state index is 2.66. The lowest BCUT2D eigenvalue weighted by atomic mass is 9.87. The summed E-state index contributed by atoms with van der Waals surface area (Å²) >= 11 is 0. The van der Waals surface area contributed by atoms with Crippen molar-refractivity contribution in [2.24, 2.45) is 11.8 Å². The number of piperidine rings is 1. The van der Waals surface area contributed by atoms with Crippen LogP contribution in [-0.2, 0) is 0 Å². The summed E-state index contributed by atoms with van der Waals surface area (Å²) in [7, 11) is 0. The van der Waals surface area contributed by atoms with E-state index in [0.29, 0.717) is 0 Å². The molecule has 0 bridgehead atoms. The Kier molecular flexibility index (Phi) is 5.54. The van der Waals surface area contributed by atoms with Crippen LogP contribution in [0.15, 0.2) is 0 Å². The summed E-state index contributed by atoms with van der Waals surface area (Å²) in [4.78, 5) is 2.66. The van der Waals surface area contributed by atoms with Gasteiger partial charge in [0.25, 0.3) is 0 Å². The summed E-state index contributed by atoms with van der Waals surface area (Å²) in [6, 6.07) is 0. The minimum atomic E-state index is 0.896. The lowest BCUT2D eigenvalue weighted by molar-refractivity contribution is 0.156. The molecule has 0 aromatic heterocycles. The number of hydrogen-bond donors (Lipinski definition) is 0. The minimum absolute atomic E-state index is 0.896. The second kappa shape index (κ2) is 6.44. The molecule has 0 amide bonds. The molecule has 1 aliphatic heterocycles. The second-order valence-electron chi connectivity index (χ2n) is 5.13. The largest absolute Gasteiger partial charge is 0.303 e. The van der Waals surface area contributed by atoms with E-state index < -0.39 is 0 Å². The number of unbranched alkanes of at least 4 members (excludes halogenated alkanes) is 2. The first-order valence-corrected chi connectivity index (χ1v) is 6.46. The van der Waals surface area contributed by atoms with Crippen LogP contribution in [0.2, 0.25) is 0 Å². The summed E-state index contributed by atoms with van der Waals surface area (Å²) in [5.41, 5.74) is 0. The van der Waals surface area contributed by atoms with E-state index in [1.165, 1.54) is 51.7 Å². The third kappa shape index (κ3) is 4.00. The zero-order chi connectivity index (χ0) is 10.4. The van der Waals surface area contributed by atoms with Crippen molar-refractivity contribution in [2.45, 2.75) is 52.9 Å². The molecule has 84 valence electrons. The maximum Gasteiger partial charge on any atom is -0.00160 e. The van der Waals surface area contributed by atoms with E-state index in [1.54, 1.807) is 0 Å². The fourth-order valence-electron chi connectivity index (χ4n) is 2.43. The van der Waals surface area contributed by atoms with Gasteiger partial charge in [0.05, 0.1) is 0 Å².